The molecule has 0 saturated carbocycles. The number of carbonyl (C=O) groups excluding carboxylic acids is 1. The number of ether oxygens (including phenoxy) is 2. The van der Waals surface area contributed by atoms with Gasteiger partial charge in [0.15, 0.2) is 0 Å². The van der Waals surface area contributed by atoms with Gasteiger partial charge in [0, 0.05) is 10.4 Å². The summed E-state index contributed by atoms with van der Waals surface area (Å²) in [5.41, 5.74) is 2.17. The lowest BCUT2D eigenvalue weighted by Crippen LogP contribution is -2.30. The third kappa shape index (κ3) is 3.94. The number of carbonyl (C=O) groups is 1. The first kappa shape index (κ1) is 19.6. The van der Waals surface area contributed by atoms with Gasteiger partial charge in [0.25, 0.3) is 0 Å². The zero-order valence-corrected chi connectivity index (χ0v) is 17.7. The summed E-state index contributed by atoms with van der Waals surface area (Å²) in [4.78, 5) is 23.4. The highest BCUT2D eigenvalue weighted by atomic mass is 32.2. The molecule has 142 valence electrons. The van der Waals surface area contributed by atoms with Gasteiger partial charge in [-0.3, -0.25) is 4.79 Å². The van der Waals surface area contributed by atoms with E-state index in [0.29, 0.717) is 6.61 Å². The lowest BCUT2D eigenvalue weighted by molar-refractivity contribution is -0.145. The number of esters is 1. The quantitative estimate of drug-likeness (QED) is 0.324. The molecule has 1 aromatic carbocycles. The van der Waals surface area contributed by atoms with Crippen molar-refractivity contribution >= 4 is 39.3 Å². The topological polar surface area (TPSA) is 61.3 Å². The summed E-state index contributed by atoms with van der Waals surface area (Å²) < 4.78 is 9.74. The molecule has 3 aromatic rings. The molecule has 3 rings (SSSR count). The van der Waals surface area contributed by atoms with Crippen molar-refractivity contribution in [2.45, 2.75) is 37.5 Å². The molecule has 0 N–H and O–H groups in total. The summed E-state index contributed by atoms with van der Waals surface area (Å²) in [6.07, 6.45) is 1.56. The molecule has 0 fully saturated rings. The number of hydrogen-bond acceptors (Lipinski definition) is 7. The average molecular weight is 403 g/mol. The highest BCUT2D eigenvalue weighted by molar-refractivity contribution is 8.01. The molecule has 27 heavy (non-hydrogen) atoms. The first-order valence-corrected chi connectivity index (χ1v) is 10.3. The van der Waals surface area contributed by atoms with Gasteiger partial charge >= 0.3 is 5.97 Å². The van der Waals surface area contributed by atoms with Crippen LogP contribution in [0, 0.1) is 6.92 Å². The smallest absolute Gasteiger partial charge is 0.322 e. The molecule has 0 bridgehead atoms. The van der Waals surface area contributed by atoms with Gasteiger partial charge in [0.1, 0.15) is 26.7 Å². The lowest BCUT2D eigenvalue weighted by Gasteiger charge is -2.21. The van der Waals surface area contributed by atoms with Crippen LogP contribution < -0.4 is 4.74 Å². The summed E-state index contributed by atoms with van der Waals surface area (Å²) in [5.74, 6) is 0.560. The van der Waals surface area contributed by atoms with Crippen molar-refractivity contribution < 1.29 is 14.3 Å². The Morgan fingerprint density at radius 1 is 1.22 bits per heavy atom. The van der Waals surface area contributed by atoms with E-state index in [1.807, 2.05) is 45.0 Å². The van der Waals surface area contributed by atoms with Gasteiger partial charge in [-0.2, -0.15) is 0 Å². The second-order valence-corrected chi connectivity index (χ2v) is 9.27. The van der Waals surface area contributed by atoms with Gasteiger partial charge in [-0.15, -0.1) is 11.3 Å². The second-order valence-electron chi connectivity index (χ2n) is 6.45. The number of rotatable bonds is 6. The summed E-state index contributed by atoms with van der Waals surface area (Å²) in [7, 11) is 1.65. The van der Waals surface area contributed by atoms with E-state index in [4.69, 9.17) is 9.47 Å². The number of aryl methyl sites for hydroxylation is 1. The molecule has 2 heterocycles. The fourth-order valence-electron chi connectivity index (χ4n) is 2.79. The highest BCUT2D eigenvalue weighted by Crippen LogP contribution is 2.44. The molecule has 0 aliphatic carbocycles. The van der Waals surface area contributed by atoms with Crippen LogP contribution in [-0.2, 0) is 9.53 Å². The molecular formula is C20H22N2O3S2. The van der Waals surface area contributed by atoms with Gasteiger partial charge in [0.2, 0.25) is 0 Å². The zero-order valence-electron chi connectivity index (χ0n) is 16.0. The SMILES string of the molecule is CCOC(=O)C(C)(C)Sc1ncnc2sc(C)c(-c3ccc(OC)cc3)c12. The lowest BCUT2D eigenvalue weighted by atomic mass is 10.0. The van der Waals surface area contributed by atoms with Crippen LogP contribution in [0.3, 0.4) is 0 Å². The second kappa shape index (κ2) is 7.86. The third-order valence-corrected chi connectivity index (χ3v) is 6.32. The summed E-state index contributed by atoms with van der Waals surface area (Å²) in [6, 6.07) is 7.95. The molecule has 5 nitrogen and oxygen atoms in total. The number of benzene rings is 1. The molecule has 0 atom stereocenters. The van der Waals surface area contributed by atoms with Crippen molar-refractivity contribution in [3.05, 3.63) is 35.5 Å². The van der Waals surface area contributed by atoms with Crippen LogP contribution in [0.2, 0.25) is 0 Å². The fourth-order valence-corrected chi connectivity index (χ4v) is 4.89. The average Bonchev–Trinajstić information content (AvgIpc) is 2.98. The summed E-state index contributed by atoms with van der Waals surface area (Å²) in [5, 5.41) is 1.76. The van der Waals surface area contributed by atoms with E-state index in [0.717, 1.165) is 37.0 Å². The molecule has 0 saturated heterocycles. The van der Waals surface area contributed by atoms with Gasteiger partial charge in [-0.25, -0.2) is 9.97 Å². The van der Waals surface area contributed by atoms with Gasteiger partial charge in [0.05, 0.1) is 19.1 Å². The monoisotopic (exact) mass is 402 g/mol. The van der Waals surface area contributed by atoms with Gasteiger partial charge in [-0.05, 0) is 45.4 Å². The minimum absolute atomic E-state index is 0.250. The van der Waals surface area contributed by atoms with Crippen LogP contribution in [0.25, 0.3) is 21.3 Å². The predicted octanol–water partition coefficient (Wildman–Crippen LogP) is 5.11. The standard InChI is InChI=1S/C20H22N2O3S2/c1-6-25-19(23)20(3,4)27-18-16-15(12(2)26-17(16)21-11-22-18)13-7-9-14(24-5)10-8-13/h7-11H,6H2,1-5H3. The molecule has 0 spiro atoms. The summed E-state index contributed by atoms with van der Waals surface area (Å²) >= 11 is 3.04. The Morgan fingerprint density at radius 3 is 2.56 bits per heavy atom. The maximum absolute atomic E-state index is 12.3. The number of thioether (sulfide) groups is 1. The van der Waals surface area contributed by atoms with Crippen molar-refractivity contribution in [3.63, 3.8) is 0 Å². The Labute approximate surface area is 167 Å². The van der Waals surface area contributed by atoms with Crippen LogP contribution in [0.1, 0.15) is 25.6 Å². The number of hydrogen-bond donors (Lipinski definition) is 0. The molecule has 0 aliphatic rings. The predicted molar refractivity (Wildman–Crippen MR) is 111 cm³/mol. The minimum Gasteiger partial charge on any atom is -0.497 e. The third-order valence-electron chi connectivity index (χ3n) is 4.13. The van der Waals surface area contributed by atoms with Crippen LogP contribution in [0.15, 0.2) is 35.6 Å². The number of thiophene rings is 1. The Morgan fingerprint density at radius 2 is 1.93 bits per heavy atom. The van der Waals surface area contributed by atoms with E-state index in [-0.39, 0.29) is 5.97 Å². The number of fused-ring (bicyclic) bond motifs is 1. The Hall–Kier alpha value is -2.12. The van der Waals surface area contributed by atoms with E-state index in [9.17, 15) is 4.79 Å². The molecule has 2 aromatic heterocycles. The van der Waals surface area contributed by atoms with E-state index in [1.165, 1.54) is 11.8 Å². The number of nitrogens with zero attached hydrogens (tertiary/aromatic N) is 2. The van der Waals surface area contributed by atoms with Crippen molar-refractivity contribution in [1.29, 1.82) is 0 Å². The van der Waals surface area contributed by atoms with Crippen LogP contribution >= 0.6 is 23.1 Å². The molecule has 7 heteroatoms. The van der Waals surface area contributed by atoms with Crippen molar-refractivity contribution in [2.24, 2.45) is 0 Å². The Bertz CT molecular complexity index is 965. The highest BCUT2D eigenvalue weighted by Gasteiger charge is 2.32. The number of aromatic nitrogens is 2. The van der Waals surface area contributed by atoms with E-state index in [2.05, 4.69) is 16.9 Å². The summed E-state index contributed by atoms with van der Waals surface area (Å²) in [6.45, 7) is 7.96. The zero-order chi connectivity index (χ0) is 19.6. The van der Waals surface area contributed by atoms with E-state index < -0.39 is 4.75 Å². The molecule has 0 amide bonds. The van der Waals surface area contributed by atoms with Gasteiger partial charge in [-0.1, -0.05) is 23.9 Å². The normalized spacial score (nSPS) is 11.6. The Balaban J connectivity index is 2.10. The van der Waals surface area contributed by atoms with E-state index >= 15 is 0 Å². The first-order valence-electron chi connectivity index (χ1n) is 8.62. The van der Waals surface area contributed by atoms with Crippen molar-refractivity contribution in [2.75, 3.05) is 13.7 Å². The minimum atomic E-state index is -0.746. The molecule has 0 aliphatic heterocycles. The fraction of sp³-hybridized carbons (Fsp3) is 0.350. The van der Waals surface area contributed by atoms with Crippen molar-refractivity contribution in [1.82, 2.24) is 9.97 Å². The van der Waals surface area contributed by atoms with Crippen molar-refractivity contribution in [3.8, 4) is 16.9 Å². The van der Waals surface area contributed by atoms with Crippen LogP contribution in [0.5, 0.6) is 5.75 Å². The largest absolute Gasteiger partial charge is 0.497 e. The van der Waals surface area contributed by atoms with E-state index in [1.54, 1.807) is 24.8 Å². The maximum atomic E-state index is 12.3. The van der Waals surface area contributed by atoms with Crippen LogP contribution in [0.4, 0.5) is 0 Å². The Kier molecular flexibility index (Phi) is 5.72. The van der Waals surface area contributed by atoms with Gasteiger partial charge < -0.3 is 9.47 Å². The molecule has 0 radical (unpaired) electrons. The number of methoxy groups -OCH3 is 1. The molecular weight excluding hydrogens is 380 g/mol. The van der Waals surface area contributed by atoms with Crippen LogP contribution in [-0.4, -0.2) is 34.4 Å². The molecule has 0 unspecified atom stereocenters. The maximum Gasteiger partial charge on any atom is 0.322 e. The first-order chi connectivity index (χ1) is 12.9.